The summed E-state index contributed by atoms with van der Waals surface area (Å²) in [5, 5.41) is 11.2. The topological polar surface area (TPSA) is 109 Å². The average molecular weight is 805 g/mol. The number of nitrogens with zero attached hydrogens (tertiary/aromatic N) is 3. The second kappa shape index (κ2) is 16.2. The number of benzene rings is 3. The molecule has 3 atom stereocenters. The molecule has 1 saturated heterocycles. The van der Waals surface area contributed by atoms with Crippen LogP contribution in [0.1, 0.15) is 58.1 Å². The quantitative estimate of drug-likeness (QED) is 0.193. The summed E-state index contributed by atoms with van der Waals surface area (Å²) in [6.07, 6.45) is -0.146. The van der Waals surface area contributed by atoms with Gasteiger partial charge >= 0.3 is 12.2 Å². The lowest BCUT2D eigenvalue weighted by molar-refractivity contribution is -0.129. The second-order valence-corrected chi connectivity index (χ2v) is 15.9. The molecule has 294 valence electrons. The van der Waals surface area contributed by atoms with Crippen LogP contribution in [0.5, 0.6) is 11.5 Å². The first-order valence-corrected chi connectivity index (χ1v) is 18.7. The molecule has 55 heavy (non-hydrogen) atoms. The molecule has 3 aromatic rings. The molecule has 0 unspecified atom stereocenters. The van der Waals surface area contributed by atoms with Crippen LogP contribution in [0.2, 0.25) is 10.0 Å². The van der Waals surface area contributed by atoms with Crippen LogP contribution in [0, 0.1) is 23.4 Å². The molecule has 10 nitrogen and oxygen atoms in total. The van der Waals surface area contributed by atoms with Gasteiger partial charge in [-0.25, -0.2) is 18.4 Å². The summed E-state index contributed by atoms with van der Waals surface area (Å²) in [5.41, 5.74) is 1.43. The normalized spacial score (nSPS) is 18.9. The number of ether oxygens (including phenoxy) is 3. The van der Waals surface area contributed by atoms with E-state index in [1.165, 1.54) is 9.80 Å². The molecule has 0 spiro atoms. The Labute approximate surface area is 327 Å². The monoisotopic (exact) mass is 803 g/mol. The van der Waals surface area contributed by atoms with Crippen molar-refractivity contribution in [1.29, 1.82) is 0 Å². The molecule has 2 fully saturated rings. The van der Waals surface area contributed by atoms with E-state index >= 15 is 0 Å². The Balaban J connectivity index is 1.29. The van der Waals surface area contributed by atoms with Gasteiger partial charge < -0.3 is 29.1 Å². The van der Waals surface area contributed by atoms with E-state index < -0.39 is 53.1 Å². The lowest BCUT2D eigenvalue weighted by atomic mass is 9.81. The van der Waals surface area contributed by atoms with Crippen molar-refractivity contribution in [2.45, 2.75) is 77.2 Å². The molecular formula is C40H42Cl2F3N3O7. The van der Waals surface area contributed by atoms with Crippen LogP contribution in [0.3, 0.4) is 0 Å². The van der Waals surface area contributed by atoms with Gasteiger partial charge in [-0.05, 0) is 87.1 Å². The number of fused-ring (bicyclic) bond motifs is 2. The summed E-state index contributed by atoms with van der Waals surface area (Å²) in [6.45, 7) is 7.06. The summed E-state index contributed by atoms with van der Waals surface area (Å²) in [4.78, 5) is 45.6. The van der Waals surface area contributed by atoms with Crippen molar-refractivity contribution >= 4 is 46.9 Å². The van der Waals surface area contributed by atoms with Crippen molar-refractivity contribution in [2.75, 3.05) is 26.3 Å². The van der Waals surface area contributed by atoms with Crippen molar-refractivity contribution in [2.24, 2.45) is 5.92 Å². The molecule has 3 aliphatic rings. The summed E-state index contributed by atoms with van der Waals surface area (Å²) in [5.74, 6) is -4.68. The Kier molecular flexibility index (Phi) is 11.8. The van der Waals surface area contributed by atoms with Crippen molar-refractivity contribution in [3.63, 3.8) is 0 Å². The lowest BCUT2D eigenvalue weighted by Crippen LogP contribution is -2.65. The fraction of sp³-hybridized carbons (Fsp3) is 0.425. The fourth-order valence-corrected chi connectivity index (χ4v) is 7.26. The van der Waals surface area contributed by atoms with Gasteiger partial charge in [0, 0.05) is 37.2 Å². The third-order valence-corrected chi connectivity index (χ3v) is 10.5. The molecule has 0 aromatic heterocycles. The number of halogens is 5. The van der Waals surface area contributed by atoms with Crippen LogP contribution in [0.25, 0.3) is 5.57 Å². The molecule has 0 radical (unpaired) electrons. The number of amides is 3. The van der Waals surface area contributed by atoms with Crippen molar-refractivity contribution < 1.29 is 46.9 Å². The maximum atomic E-state index is 14.9. The van der Waals surface area contributed by atoms with E-state index in [0.717, 1.165) is 18.9 Å². The van der Waals surface area contributed by atoms with Crippen molar-refractivity contribution in [1.82, 2.24) is 14.7 Å². The van der Waals surface area contributed by atoms with Crippen LogP contribution in [-0.4, -0.2) is 87.9 Å². The molecule has 15 heteroatoms. The Morgan fingerprint density at radius 3 is 2.27 bits per heavy atom. The van der Waals surface area contributed by atoms with Gasteiger partial charge in [-0.3, -0.25) is 9.69 Å². The fourth-order valence-electron chi connectivity index (χ4n) is 6.89. The van der Waals surface area contributed by atoms with Crippen LogP contribution in [0.15, 0.2) is 60.2 Å². The van der Waals surface area contributed by atoms with Gasteiger partial charge in [0.25, 0.3) is 5.91 Å². The third-order valence-electron chi connectivity index (χ3n) is 9.63. The van der Waals surface area contributed by atoms with Crippen molar-refractivity contribution in [3.05, 3.63) is 98.8 Å². The predicted octanol–water partition coefficient (Wildman–Crippen LogP) is 8.82. The van der Waals surface area contributed by atoms with E-state index in [4.69, 9.17) is 37.4 Å². The van der Waals surface area contributed by atoms with Crippen LogP contribution in [-0.2, 0) is 16.1 Å². The zero-order chi connectivity index (χ0) is 39.8. The molecule has 2 aliphatic heterocycles. The Hall–Kier alpha value is -4.62. The Morgan fingerprint density at radius 1 is 0.945 bits per heavy atom. The van der Waals surface area contributed by atoms with Crippen LogP contribution in [0.4, 0.5) is 22.8 Å². The molecule has 2 bridgehead atoms. The van der Waals surface area contributed by atoms with E-state index in [-0.39, 0.29) is 62.7 Å². The first-order chi connectivity index (χ1) is 26.0. The van der Waals surface area contributed by atoms with E-state index in [1.54, 1.807) is 75.1 Å². The Morgan fingerprint density at radius 2 is 1.62 bits per heavy atom. The minimum absolute atomic E-state index is 0.0672. The van der Waals surface area contributed by atoms with E-state index in [2.05, 4.69) is 0 Å². The van der Waals surface area contributed by atoms with E-state index in [1.807, 2.05) is 0 Å². The smallest absolute Gasteiger partial charge is 0.410 e. The second-order valence-electron chi connectivity index (χ2n) is 15.1. The third kappa shape index (κ3) is 9.10. The van der Waals surface area contributed by atoms with Gasteiger partial charge in [-0.15, -0.1) is 0 Å². The summed E-state index contributed by atoms with van der Waals surface area (Å²) < 4.78 is 58.4. The van der Waals surface area contributed by atoms with Crippen molar-refractivity contribution in [3.8, 4) is 11.5 Å². The predicted molar refractivity (Wildman–Crippen MR) is 200 cm³/mol. The highest BCUT2D eigenvalue weighted by Gasteiger charge is 2.50. The van der Waals surface area contributed by atoms with Gasteiger partial charge in [0.15, 0.2) is 17.4 Å². The lowest BCUT2D eigenvalue weighted by Gasteiger charge is -2.50. The van der Waals surface area contributed by atoms with Crippen LogP contribution >= 0.6 is 23.2 Å². The molecule has 1 aliphatic carbocycles. The van der Waals surface area contributed by atoms with Crippen LogP contribution < -0.4 is 9.47 Å². The van der Waals surface area contributed by atoms with Gasteiger partial charge in [0.2, 0.25) is 5.82 Å². The molecule has 3 amide bonds. The maximum absolute atomic E-state index is 14.9. The largest absolute Gasteiger partial charge is 0.493 e. The molecule has 1 N–H and O–H groups in total. The van der Waals surface area contributed by atoms with Gasteiger partial charge in [0.05, 0.1) is 35.3 Å². The molecule has 2 heterocycles. The number of piperazine rings is 1. The molecule has 1 saturated carbocycles. The molecule has 3 aromatic carbocycles. The summed E-state index contributed by atoms with van der Waals surface area (Å²) in [7, 11) is 0. The highest BCUT2D eigenvalue weighted by Crippen LogP contribution is 2.42. The number of rotatable bonds is 11. The number of hydrogen-bond donors (Lipinski definition) is 1. The summed E-state index contributed by atoms with van der Waals surface area (Å²) >= 11 is 12.9. The van der Waals surface area contributed by atoms with Gasteiger partial charge in [-0.1, -0.05) is 54.4 Å². The van der Waals surface area contributed by atoms with Gasteiger partial charge in [0.1, 0.15) is 11.4 Å². The number of carboxylic acid groups (broad SMARTS) is 1. The summed E-state index contributed by atoms with van der Waals surface area (Å²) in [6, 6.07) is 11.9. The number of carbonyl (C=O) groups excluding carboxylic acids is 2. The standard InChI is InChI=1S/C40H42Cl2F3N3O7/c1-22(21-54-36-31(44)15-14-30(43)35(36)45)20-53-27-12-8-23(9-13-27)28-16-26-18-46(39(52)55-40(2,3)4)19-32(48(26)38(50)51)33(28)37(49)47(25-10-11-25)17-24-6-5-7-29(41)34(24)42/h5-9,12-15,22,25-26,32H,10-11,16-21H2,1-4H3,(H,50,51)/t22-,26+,32+/m0/s1. The zero-order valence-corrected chi connectivity index (χ0v) is 32.3. The Bertz CT molecular complexity index is 1990. The van der Waals surface area contributed by atoms with Gasteiger partial charge in [-0.2, -0.15) is 4.39 Å². The average Bonchev–Trinajstić information content (AvgIpc) is 3.97. The maximum Gasteiger partial charge on any atom is 0.410 e. The SMILES string of the molecule is C[C@@H](COc1ccc(C2=C(C(=O)N(Cc3cccc(Cl)c3Cl)C3CC3)[C@H]3CN(C(=O)OC(C)(C)C)C[C@@H](C2)N3C(=O)O)cc1)COc1c(F)ccc(F)c1F. The highest BCUT2D eigenvalue weighted by atomic mass is 35.5. The highest BCUT2D eigenvalue weighted by molar-refractivity contribution is 6.42. The zero-order valence-electron chi connectivity index (χ0n) is 30.8. The number of hydrogen-bond acceptors (Lipinski definition) is 6. The minimum atomic E-state index is -1.40. The molecule has 6 rings (SSSR count). The number of carbonyl (C=O) groups is 3. The van der Waals surface area contributed by atoms with E-state index in [0.29, 0.717) is 38.6 Å². The first kappa shape index (κ1) is 40.1. The van der Waals surface area contributed by atoms with E-state index in [9.17, 15) is 32.7 Å². The first-order valence-electron chi connectivity index (χ1n) is 18.0. The minimum Gasteiger partial charge on any atom is -0.493 e. The molecular weight excluding hydrogens is 762 g/mol.